The lowest BCUT2D eigenvalue weighted by atomic mass is 10.0. The van der Waals surface area contributed by atoms with Crippen molar-refractivity contribution in [2.75, 3.05) is 19.5 Å². The van der Waals surface area contributed by atoms with Gasteiger partial charge in [0, 0.05) is 36.1 Å². The fourth-order valence-electron chi connectivity index (χ4n) is 4.60. The lowest BCUT2D eigenvalue weighted by Crippen LogP contribution is -2.42. The van der Waals surface area contributed by atoms with E-state index in [9.17, 15) is 4.79 Å². The van der Waals surface area contributed by atoms with Crippen LogP contribution in [0.5, 0.6) is 11.6 Å². The van der Waals surface area contributed by atoms with Gasteiger partial charge in [0.25, 0.3) is 0 Å². The third-order valence-corrected chi connectivity index (χ3v) is 6.33. The number of H-pyrrole nitrogens is 1. The molecule has 0 unspecified atom stereocenters. The zero-order chi connectivity index (χ0) is 23.9. The minimum atomic E-state index is -0.181. The number of amides is 2. The predicted molar refractivity (Wildman–Crippen MR) is 132 cm³/mol. The largest absolute Gasteiger partial charge is 0.494 e. The third kappa shape index (κ3) is 5.50. The number of anilines is 1. The van der Waals surface area contributed by atoms with Crippen LogP contribution >= 0.6 is 0 Å². The minimum Gasteiger partial charge on any atom is -0.494 e. The lowest BCUT2D eigenvalue weighted by molar-refractivity contribution is 0.175. The topological polar surface area (TPSA) is 92.4 Å². The monoisotopic (exact) mass is 463 g/mol. The van der Waals surface area contributed by atoms with Gasteiger partial charge in [-0.2, -0.15) is 5.10 Å². The molecular formula is C26H33N5O3. The van der Waals surface area contributed by atoms with E-state index in [0.29, 0.717) is 23.9 Å². The molecule has 0 atom stereocenters. The number of carbonyl (C=O) groups is 1. The summed E-state index contributed by atoms with van der Waals surface area (Å²) in [6.45, 7) is 2.36. The van der Waals surface area contributed by atoms with E-state index >= 15 is 0 Å². The van der Waals surface area contributed by atoms with E-state index in [0.717, 1.165) is 48.2 Å². The molecule has 0 spiro atoms. The number of aryl methyl sites for hydroxylation is 1. The predicted octanol–water partition coefficient (Wildman–Crippen LogP) is 5.55. The van der Waals surface area contributed by atoms with E-state index < -0.39 is 0 Å². The first-order chi connectivity index (χ1) is 16.6. The molecule has 4 rings (SSSR count). The summed E-state index contributed by atoms with van der Waals surface area (Å²) in [7, 11) is 3.12. The number of aromatic amines is 1. The van der Waals surface area contributed by atoms with Gasteiger partial charge >= 0.3 is 6.03 Å². The van der Waals surface area contributed by atoms with Gasteiger partial charge in [-0.25, -0.2) is 9.78 Å². The molecule has 1 aliphatic carbocycles. The van der Waals surface area contributed by atoms with Crippen LogP contribution in [0.4, 0.5) is 10.5 Å². The fourth-order valence-corrected chi connectivity index (χ4v) is 4.60. The van der Waals surface area contributed by atoms with Crippen LogP contribution in [0.1, 0.15) is 49.8 Å². The first kappa shape index (κ1) is 23.6. The second-order valence-electron chi connectivity index (χ2n) is 8.71. The van der Waals surface area contributed by atoms with Crippen molar-refractivity contribution in [1.82, 2.24) is 20.1 Å². The molecule has 0 saturated heterocycles. The fraction of sp³-hybridized carbons (Fsp3) is 0.423. The van der Waals surface area contributed by atoms with E-state index in [1.54, 1.807) is 20.3 Å². The molecule has 2 heterocycles. The van der Waals surface area contributed by atoms with Gasteiger partial charge in [-0.1, -0.05) is 43.9 Å². The van der Waals surface area contributed by atoms with Gasteiger partial charge in [0.1, 0.15) is 11.4 Å². The first-order valence-electron chi connectivity index (χ1n) is 11.9. The average molecular weight is 464 g/mol. The number of aromatic nitrogens is 3. The Hall–Kier alpha value is -3.55. The average Bonchev–Trinajstić information content (AvgIpc) is 3.26. The summed E-state index contributed by atoms with van der Waals surface area (Å²) in [5.41, 5.74) is 4.16. The van der Waals surface area contributed by atoms with Crippen molar-refractivity contribution < 1.29 is 14.3 Å². The number of carbonyl (C=O) groups excluding carboxylic acids is 1. The highest BCUT2D eigenvalue weighted by Crippen LogP contribution is 2.34. The SMILES string of the molecule is COc1cc(C)nc(OC)c1NC(=O)N(Cc1cccc(-c2cc[nH]n2)c1)C1CCCCCC1. The molecule has 0 aliphatic heterocycles. The summed E-state index contributed by atoms with van der Waals surface area (Å²) in [5, 5.41) is 10.2. The summed E-state index contributed by atoms with van der Waals surface area (Å²) in [4.78, 5) is 20.1. The van der Waals surface area contributed by atoms with Crippen molar-refractivity contribution in [3.05, 3.63) is 53.9 Å². The molecule has 8 heteroatoms. The molecule has 2 amide bonds. The van der Waals surface area contributed by atoms with Gasteiger partial charge in [0.2, 0.25) is 5.88 Å². The molecule has 0 bridgehead atoms. The van der Waals surface area contributed by atoms with Crippen LogP contribution in [0, 0.1) is 6.92 Å². The second kappa shape index (κ2) is 11.0. The Bertz CT molecular complexity index is 1070. The molecule has 1 aliphatic rings. The van der Waals surface area contributed by atoms with E-state index in [2.05, 4.69) is 32.6 Å². The van der Waals surface area contributed by atoms with E-state index in [1.165, 1.54) is 12.8 Å². The van der Waals surface area contributed by atoms with E-state index in [-0.39, 0.29) is 12.1 Å². The zero-order valence-corrected chi connectivity index (χ0v) is 20.1. The number of benzene rings is 1. The molecule has 180 valence electrons. The van der Waals surface area contributed by atoms with Crippen molar-refractivity contribution in [2.45, 2.75) is 58.0 Å². The van der Waals surface area contributed by atoms with E-state index in [4.69, 9.17) is 9.47 Å². The summed E-state index contributed by atoms with van der Waals surface area (Å²) in [6.07, 6.45) is 8.47. The van der Waals surface area contributed by atoms with Crippen LogP contribution in [0.2, 0.25) is 0 Å². The Labute approximate surface area is 200 Å². The molecule has 0 radical (unpaired) electrons. The van der Waals surface area contributed by atoms with Crippen molar-refractivity contribution >= 4 is 11.7 Å². The highest BCUT2D eigenvalue weighted by molar-refractivity contribution is 5.92. The Morgan fingerprint density at radius 3 is 2.59 bits per heavy atom. The smallest absolute Gasteiger partial charge is 0.322 e. The normalized spacial score (nSPS) is 14.3. The highest BCUT2D eigenvalue weighted by atomic mass is 16.5. The maximum Gasteiger partial charge on any atom is 0.322 e. The number of pyridine rings is 1. The summed E-state index contributed by atoms with van der Waals surface area (Å²) >= 11 is 0. The molecule has 8 nitrogen and oxygen atoms in total. The lowest BCUT2D eigenvalue weighted by Gasteiger charge is -2.32. The quantitative estimate of drug-likeness (QED) is 0.448. The van der Waals surface area contributed by atoms with Gasteiger partial charge in [0.15, 0.2) is 0 Å². The van der Waals surface area contributed by atoms with Crippen molar-refractivity contribution in [3.8, 4) is 22.9 Å². The number of nitrogens with one attached hydrogen (secondary N) is 2. The van der Waals surface area contributed by atoms with Crippen LogP contribution in [0.15, 0.2) is 42.6 Å². The van der Waals surface area contributed by atoms with Gasteiger partial charge in [-0.3, -0.25) is 10.4 Å². The van der Waals surface area contributed by atoms with Crippen molar-refractivity contribution in [1.29, 1.82) is 0 Å². The molecule has 3 aromatic rings. The second-order valence-corrected chi connectivity index (χ2v) is 8.71. The molecular weight excluding hydrogens is 430 g/mol. The van der Waals surface area contributed by atoms with Crippen LogP contribution in [0.3, 0.4) is 0 Å². The van der Waals surface area contributed by atoms with Gasteiger partial charge in [-0.15, -0.1) is 0 Å². The Kier molecular flexibility index (Phi) is 7.67. The highest BCUT2D eigenvalue weighted by Gasteiger charge is 2.27. The maximum absolute atomic E-state index is 13.7. The number of rotatable bonds is 7. The van der Waals surface area contributed by atoms with Gasteiger partial charge in [0.05, 0.1) is 19.9 Å². The summed E-state index contributed by atoms with van der Waals surface area (Å²) in [5.74, 6) is 0.866. The minimum absolute atomic E-state index is 0.159. The molecule has 1 saturated carbocycles. The molecule has 34 heavy (non-hydrogen) atoms. The van der Waals surface area contributed by atoms with Crippen molar-refractivity contribution in [2.24, 2.45) is 0 Å². The van der Waals surface area contributed by atoms with Crippen LogP contribution in [-0.4, -0.2) is 46.4 Å². The molecule has 1 aromatic carbocycles. The van der Waals surface area contributed by atoms with Crippen LogP contribution in [0.25, 0.3) is 11.3 Å². The number of methoxy groups -OCH3 is 2. The number of nitrogens with zero attached hydrogens (tertiary/aromatic N) is 3. The Balaban J connectivity index is 1.63. The standard InChI is InChI=1S/C26H33N5O3/c1-18-15-23(33-2)24(25(28-18)34-3)29-26(32)31(21-11-6-4-5-7-12-21)17-19-9-8-10-20(16-19)22-13-14-27-30-22/h8-10,13-16,21H,4-7,11-12,17H2,1-3H3,(H,27,30)(H,29,32). The van der Waals surface area contributed by atoms with Crippen molar-refractivity contribution in [3.63, 3.8) is 0 Å². The summed E-state index contributed by atoms with van der Waals surface area (Å²) in [6, 6.07) is 11.9. The number of urea groups is 1. The molecule has 2 aromatic heterocycles. The summed E-state index contributed by atoms with van der Waals surface area (Å²) < 4.78 is 11.0. The number of hydrogen-bond acceptors (Lipinski definition) is 5. The van der Waals surface area contributed by atoms with Gasteiger partial charge in [-0.05, 0) is 37.5 Å². The number of ether oxygens (including phenoxy) is 2. The zero-order valence-electron chi connectivity index (χ0n) is 20.1. The molecule has 1 fully saturated rings. The van der Waals surface area contributed by atoms with E-state index in [1.807, 2.05) is 36.2 Å². The number of hydrogen-bond donors (Lipinski definition) is 2. The Morgan fingerprint density at radius 1 is 1.12 bits per heavy atom. The first-order valence-corrected chi connectivity index (χ1v) is 11.9. The van der Waals surface area contributed by atoms with Crippen LogP contribution in [-0.2, 0) is 6.54 Å². The Morgan fingerprint density at radius 2 is 1.91 bits per heavy atom. The third-order valence-electron chi connectivity index (χ3n) is 6.33. The molecule has 2 N–H and O–H groups in total. The van der Waals surface area contributed by atoms with Gasteiger partial charge < -0.3 is 14.4 Å². The maximum atomic E-state index is 13.7. The van der Waals surface area contributed by atoms with Crippen LogP contribution < -0.4 is 14.8 Å².